The van der Waals surface area contributed by atoms with Crippen LogP contribution in [-0.2, 0) is 28.3 Å². The SMILES string of the molecule is BC(B)(OP(=O)(O)OP(=O)(O)O)[C@@]1(F)O[C@@](B)(n2ccc(=S)[nH]c2=O)[C@H](O)[C@@H]1O. The number of H-pyrrole nitrogens is 1. The number of aromatic amines is 1. The number of aromatic nitrogens is 2. The molecular formula is C9H16B3FN2O11P2S. The summed E-state index contributed by atoms with van der Waals surface area (Å²) in [6, 6.07) is 1.22. The summed E-state index contributed by atoms with van der Waals surface area (Å²) in [5.74, 6) is -3.45. The number of nitrogens with one attached hydrogen (secondary N) is 1. The highest BCUT2D eigenvalue weighted by Gasteiger charge is 2.69. The van der Waals surface area contributed by atoms with Crippen molar-refractivity contribution in [1.29, 1.82) is 0 Å². The molecule has 2 rings (SSSR count). The van der Waals surface area contributed by atoms with Gasteiger partial charge in [-0.05, 0) is 6.07 Å². The third kappa shape index (κ3) is 4.68. The van der Waals surface area contributed by atoms with Crippen molar-refractivity contribution in [3.05, 3.63) is 27.4 Å². The summed E-state index contributed by atoms with van der Waals surface area (Å²) < 4.78 is 52.3. The van der Waals surface area contributed by atoms with E-state index in [1.165, 1.54) is 6.07 Å². The first-order valence-electron chi connectivity index (χ1n) is 7.73. The van der Waals surface area contributed by atoms with Gasteiger partial charge in [0.05, 0.1) is 5.40 Å². The lowest BCUT2D eigenvalue weighted by Crippen LogP contribution is -2.60. The molecule has 1 aromatic rings. The molecule has 1 fully saturated rings. The second-order valence-electron chi connectivity index (χ2n) is 6.81. The molecular weight excluding hydrogens is 458 g/mol. The topological polar surface area (TPSA) is 201 Å². The highest BCUT2D eigenvalue weighted by atomic mass is 32.1. The molecule has 0 aromatic carbocycles. The molecule has 0 aliphatic carbocycles. The first kappa shape index (κ1) is 24.6. The predicted octanol–water partition coefficient (Wildman–Crippen LogP) is -4.29. The van der Waals surface area contributed by atoms with Crippen molar-refractivity contribution in [2.75, 3.05) is 0 Å². The molecule has 0 radical (unpaired) electrons. The number of nitrogens with zero attached hydrogens (tertiary/aromatic N) is 1. The van der Waals surface area contributed by atoms with Gasteiger partial charge in [-0.15, -0.1) is 0 Å². The zero-order valence-corrected chi connectivity index (χ0v) is 17.7. The third-order valence-electron chi connectivity index (χ3n) is 4.26. The maximum atomic E-state index is 15.7. The smallest absolute Gasteiger partial charge is 0.386 e. The zero-order chi connectivity index (χ0) is 22.6. The molecule has 1 aromatic heterocycles. The van der Waals surface area contributed by atoms with Gasteiger partial charge in [-0.1, -0.05) is 12.2 Å². The van der Waals surface area contributed by atoms with Gasteiger partial charge in [0.2, 0.25) is 0 Å². The van der Waals surface area contributed by atoms with Crippen LogP contribution in [-0.4, -0.2) is 81.4 Å². The number of hydrogen-bond acceptors (Lipinski definition) is 9. The summed E-state index contributed by atoms with van der Waals surface area (Å²) in [6.45, 7) is 0. The van der Waals surface area contributed by atoms with E-state index in [0.717, 1.165) is 29.7 Å². The first-order valence-corrected chi connectivity index (χ1v) is 11.2. The molecule has 0 bridgehead atoms. The van der Waals surface area contributed by atoms with Crippen molar-refractivity contribution in [3.8, 4) is 0 Å². The minimum absolute atomic E-state index is 0.0221. The van der Waals surface area contributed by atoms with E-state index < -0.39 is 50.4 Å². The molecule has 20 heteroatoms. The van der Waals surface area contributed by atoms with E-state index in [-0.39, 0.29) is 4.64 Å². The maximum absolute atomic E-state index is 15.7. The summed E-state index contributed by atoms with van der Waals surface area (Å²) in [5, 5.41) is 18.0. The van der Waals surface area contributed by atoms with E-state index in [4.69, 9.17) is 26.7 Å². The summed E-state index contributed by atoms with van der Waals surface area (Å²) >= 11 is 4.78. The van der Waals surface area contributed by atoms with Gasteiger partial charge in [0, 0.05) is 6.20 Å². The average molecular weight is 474 g/mol. The monoisotopic (exact) mass is 474 g/mol. The fraction of sp³-hybridized carbons (Fsp3) is 0.556. The number of rotatable bonds is 6. The fourth-order valence-electron chi connectivity index (χ4n) is 2.86. The largest absolute Gasteiger partial charge is 0.480 e. The number of aliphatic hydroxyl groups is 2. The van der Waals surface area contributed by atoms with E-state index in [9.17, 15) is 29.0 Å². The van der Waals surface area contributed by atoms with Gasteiger partial charge in [-0.3, -0.25) is 14.1 Å². The van der Waals surface area contributed by atoms with Crippen LogP contribution in [0.1, 0.15) is 0 Å². The first-order chi connectivity index (χ1) is 12.8. The number of aliphatic hydroxyl groups excluding tert-OH is 2. The lowest BCUT2D eigenvalue weighted by Gasteiger charge is -2.40. The van der Waals surface area contributed by atoms with Crippen LogP contribution in [0, 0.1) is 4.64 Å². The van der Waals surface area contributed by atoms with Crippen LogP contribution in [0.25, 0.3) is 0 Å². The Morgan fingerprint density at radius 2 is 1.86 bits per heavy atom. The predicted molar refractivity (Wildman–Crippen MR) is 103 cm³/mol. The van der Waals surface area contributed by atoms with Crippen molar-refractivity contribution < 1.29 is 52.0 Å². The molecule has 29 heavy (non-hydrogen) atoms. The molecule has 0 amide bonds. The summed E-state index contributed by atoms with van der Waals surface area (Å²) in [4.78, 5) is 41.2. The molecule has 1 aliphatic heterocycles. The zero-order valence-electron chi connectivity index (χ0n) is 15.1. The van der Waals surface area contributed by atoms with E-state index in [0.29, 0.717) is 4.57 Å². The van der Waals surface area contributed by atoms with Crippen molar-refractivity contribution in [2.24, 2.45) is 0 Å². The molecule has 0 spiro atoms. The fourth-order valence-corrected chi connectivity index (χ4v) is 4.91. The van der Waals surface area contributed by atoms with Crippen LogP contribution >= 0.6 is 27.9 Å². The maximum Gasteiger partial charge on any atom is 0.480 e. The molecule has 1 unspecified atom stereocenters. The average Bonchev–Trinajstić information content (AvgIpc) is 2.66. The Morgan fingerprint density at radius 3 is 2.34 bits per heavy atom. The molecule has 13 nitrogen and oxygen atoms in total. The summed E-state index contributed by atoms with van der Waals surface area (Å²) in [7, 11) is -8.45. The molecule has 0 saturated carbocycles. The van der Waals surface area contributed by atoms with Crippen LogP contribution in [0.4, 0.5) is 4.39 Å². The van der Waals surface area contributed by atoms with Gasteiger partial charge < -0.3 is 29.6 Å². The molecule has 1 aliphatic rings. The van der Waals surface area contributed by atoms with Crippen LogP contribution in [0.2, 0.25) is 0 Å². The van der Waals surface area contributed by atoms with Gasteiger partial charge >= 0.3 is 21.3 Å². The van der Waals surface area contributed by atoms with Gasteiger partial charge in [0.1, 0.15) is 38.2 Å². The molecule has 2 heterocycles. The van der Waals surface area contributed by atoms with Crippen molar-refractivity contribution >= 4 is 51.4 Å². The number of phosphoric ester groups is 1. The van der Waals surface area contributed by atoms with E-state index >= 15 is 4.39 Å². The Morgan fingerprint density at radius 1 is 1.31 bits per heavy atom. The van der Waals surface area contributed by atoms with E-state index in [2.05, 4.69) is 13.8 Å². The molecule has 1 saturated heterocycles. The molecule has 6 N–H and O–H groups in total. The lowest BCUT2D eigenvalue weighted by atomic mass is 9.59. The van der Waals surface area contributed by atoms with E-state index in [1.54, 1.807) is 0 Å². The van der Waals surface area contributed by atoms with Crippen molar-refractivity contribution in [2.45, 2.75) is 29.1 Å². The second-order valence-corrected chi connectivity index (χ2v) is 10.0. The highest BCUT2D eigenvalue weighted by Crippen LogP contribution is 2.61. The number of phosphoric acid groups is 2. The van der Waals surface area contributed by atoms with Crippen LogP contribution in [0.5, 0.6) is 0 Å². The normalized spacial score (nSPS) is 32.8. The lowest BCUT2D eigenvalue weighted by molar-refractivity contribution is -0.239. The van der Waals surface area contributed by atoms with Crippen molar-refractivity contribution in [1.82, 2.24) is 9.55 Å². The van der Waals surface area contributed by atoms with Gasteiger partial charge in [-0.2, -0.15) is 4.31 Å². The molecule has 5 atom stereocenters. The Balaban J connectivity index is 2.47. The van der Waals surface area contributed by atoms with Gasteiger partial charge in [0.15, 0.2) is 7.85 Å². The standard InChI is InChI=1S/C9H16B3FN2O11P2S/c10-8(15-2-1-3(29)14-6(15)18)5(17)4(16)7(13,24-8)9(11,12)25-28(22,23)26-27(19,20)21/h1-2,4-5,16-17H,10-12H2,(H,22,23)(H,14,18,29)(H2,19,20,21)/t4-,5+,7-,8-/m0/s1. The van der Waals surface area contributed by atoms with E-state index in [1.807, 2.05) is 0 Å². The molecule has 160 valence electrons. The number of hydrogen-bond donors (Lipinski definition) is 6. The van der Waals surface area contributed by atoms with Gasteiger partial charge in [0.25, 0.3) is 5.85 Å². The Labute approximate surface area is 169 Å². The third-order valence-corrected chi connectivity index (χ3v) is 6.86. The number of halogens is 1. The minimum Gasteiger partial charge on any atom is -0.386 e. The van der Waals surface area contributed by atoms with Crippen LogP contribution < -0.4 is 5.69 Å². The summed E-state index contributed by atoms with van der Waals surface area (Å²) in [5.41, 5.74) is -3.17. The number of ether oxygens (including phenoxy) is 1. The Kier molecular flexibility index (Phi) is 6.37. The number of alkyl halides is 1. The quantitative estimate of drug-likeness (QED) is 0.132. The van der Waals surface area contributed by atoms with Gasteiger partial charge in [-0.25, -0.2) is 18.3 Å². The Bertz CT molecular complexity index is 1020. The van der Waals surface area contributed by atoms with Crippen molar-refractivity contribution in [3.63, 3.8) is 0 Å². The Hall–Kier alpha value is -0.635. The summed E-state index contributed by atoms with van der Waals surface area (Å²) in [6.07, 6.45) is -3.48. The minimum atomic E-state index is -5.57. The van der Waals surface area contributed by atoms with Crippen LogP contribution in [0.15, 0.2) is 17.1 Å². The highest BCUT2D eigenvalue weighted by molar-refractivity contribution is 7.71. The second kappa shape index (κ2) is 7.50. The van der Waals surface area contributed by atoms with Crippen LogP contribution in [0.3, 0.4) is 0 Å².